The van der Waals surface area contributed by atoms with Crippen LogP contribution in [0.25, 0.3) is 0 Å². The van der Waals surface area contributed by atoms with Crippen LogP contribution in [0.4, 0.5) is 0 Å². The Bertz CT molecular complexity index is 102. The Balaban J connectivity index is -0.000000245. The Hall–Kier alpha value is 2.12. The molecule has 1 N–H and O–H groups in total. The van der Waals surface area contributed by atoms with E-state index in [9.17, 15) is 4.79 Å². The van der Waals surface area contributed by atoms with Crippen LogP contribution in [0.15, 0.2) is 0 Å². The number of hydrogen-bond donors (Lipinski definition) is 1. The molecule has 0 aromatic heterocycles. The van der Waals surface area contributed by atoms with E-state index in [0.29, 0.717) is 10.7 Å². The van der Waals surface area contributed by atoms with Crippen LogP contribution in [0.1, 0.15) is 6.42 Å². The third kappa shape index (κ3) is 16.6. The van der Waals surface area contributed by atoms with Crippen molar-refractivity contribution in [3.63, 3.8) is 0 Å². The van der Waals surface area contributed by atoms with Gasteiger partial charge in [0.2, 0.25) is 0 Å². The van der Waals surface area contributed by atoms with Gasteiger partial charge in [0, 0.05) is 37.1 Å². The topological polar surface area (TPSA) is 37.3 Å². The molecular formula is C3H14Na2O2Si3. The fourth-order valence-electron chi connectivity index (χ4n) is 0.454. The van der Waals surface area contributed by atoms with Crippen molar-refractivity contribution in [1.82, 2.24) is 0 Å². The average Bonchev–Trinajstić information content (AvgIpc) is 1.21. The summed E-state index contributed by atoms with van der Waals surface area (Å²) in [6.07, 6.45) is 0.428. The van der Waals surface area contributed by atoms with Crippen molar-refractivity contribution in [2.75, 3.05) is 0 Å². The van der Waals surface area contributed by atoms with E-state index in [1.165, 1.54) is 0 Å². The zero-order chi connectivity index (χ0) is 6.78. The van der Waals surface area contributed by atoms with E-state index < -0.39 is 5.97 Å². The van der Waals surface area contributed by atoms with Gasteiger partial charge < -0.3 is 5.11 Å². The predicted molar refractivity (Wildman–Crippen MR) is 59.1 cm³/mol. The summed E-state index contributed by atoms with van der Waals surface area (Å²) < 4.78 is 0.339. The zero-order valence-corrected chi connectivity index (χ0v) is 11.6. The summed E-state index contributed by atoms with van der Waals surface area (Å²) in [5.41, 5.74) is 0. The molecule has 0 aliphatic carbocycles. The number of carbonyl (C=O) groups is 1. The molecule has 0 heterocycles. The van der Waals surface area contributed by atoms with Crippen LogP contribution in [0.5, 0.6) is 0 Å². The second-order valence-corrected chi connectivity index (χ2v) is 17.3. The second kappa shape index (κ2) is 7.75. The molecular weight excluding hydrogens is 198 g/mol. The van der Waals surface area contributed by atoms with Crippen molar-refractivity contribution in [3.8, 4) is 0 Å². The molecule has 0 bridgehead atoms. The molecule has 10 heavy (non-hydrogen) atoms. The van der Waals surface area contributed by atoms with E-state index in [1.807, 2.05) is 0 Å². The molecule has 0 atom stereocenters. The molecule has 0 unspecified atom stereocenters. The number of carboxylic acids is 1. The summed E-state index contributed by atoms with van der Waals surface area (Å²) in [5, 5.41) is 8.32. The van der Waals surface area contributed by atoms with Gasteiger partial charge in [-0.15, -0.1) is 0 Å². The molecule has 0 fully saturated rings. The Morgan fingerprint density at radius 1 is 1.30 bits per heavy atom. The molecule has 0 spiro atoms. The van der Waals surface area contributed by atoms with Gasteiger partial charge in [0.15, 0.2) is 0 Å². The van der Waals surface area contributed by atoms with Gasteiger partial charge in [0.25, 0.3) is 0 Å². The normalized spacial score (nSPS) is 14.8. The van der Waals surface area contributed by atoms with Crippen molar-refractivity contribution in [2.24, 2.45) is 0 Å². The first-order valence-corrected chi connectivity index (χ1v) is 5.63. The third-order valence-electron chi connectivity index (χ3n) is 0.682. The Morgan fingerprint density at radius 3 is 1.60 bits per heavy atom. The molecule has 0 rings (SSSR count). The molecule has 0 amide bonds. The van der Waals surface area contributed by atoms with Gasteiger partial charge >= 0.3 is 65.1 Å². The average molecular weight is 212 g/mol. The monoisotopic (exact) mass is 212 g/mol. The Morgan fingerprint density at radius 2 is 1.60 bits per heavy atom. The molecule has 0 saturated heterocycles. The SMILES string of the molecule is O=C(O)CC([SiH3])([SiH3])[SiH3].[NaH].[NaH]. The minimum atomic E-state index is -0.620. The summed E-state index contributed by atoms with van der Waals surface area (Å²) in [4.78, 5) is 10.1. The van der Waals surface area contributed by atoms with E-state index in [4.69, 9.17) is 5.11 Å². The van der Waals surface area contributed by atoms with Crippen LogP contribution >= 0.6 is 0 Å². The fraction of sp³-hybridized carbons (Fsp3) is 0.667. The van der Waals surface area contributed by atoms with E-state index in [2.05, 4.69) is 0 Å². The van der Waals surface area contributed by atoms with Gasteiger partial charge in [-0.1, -0.05) is 4.28 Å². The number of hydrogen-bond acceptors (Lipinski definition) is 1. The van der Waals surface area contributed by atoms with Gasteiger partial charge in [-0.3, -0.25) is 4.79 Å². The van der Waals surface area contributed by atoms with Gasteiger partial charge in [-0.05, 0) is 0 Å². The molecule has 0 aliphatic rings. The van der Waals surface area contributed by atoms with Crippen LogP contribution < -0.4 is 0 Å². The van der Waals surface area contributed by atoms with E-state index in [-0.39, 0.29) is 59.1 Å². The summed E-state index contributed by atoms with van der Waals surface area (Å²) in [6, 6.07) is 0. The second-order valence-electron chi connectivity index (χ2n) is 3.13. The summed E-state index contributed by atoms with van der Waals surface area (Å²) in [7, 11) is 3.21. The first kappa shape index (κ1) is 18.0. The van der Waals surface area contributed by atoms with Crippen molar-refractivity contribution in [1.29, 1.82) is 0 Å². The standard InChI is InChI=1S/C3H12O2Si3.2Na.2H/c4-2(5)1-3(6,7)8;;;;/h1H2,6-8H3,(H,4,5);;;;. The van der Waals surface area contributed by atoms with Crippen LogP contribution in [-0.4, -0.2) is 101 Å². The van der Waals surface area contributed by atoms with E-state index in [1.54, 1.807) is 0 Å². The molecule has 0 saturated carbocycles. The van der Waals surface area contributed by atoms with Gasteiger partial charge in [0.1, 0.15) is 0 Å². The molecule has 2 nitrogen and oxygen atoms in total. The van der Waals surface area contributed by atoms with Crippen molar-refractivity contribution < 1.29 is 9.90 Å². The molecule has 7 heteroatoms. The Kier molecular flexibility index (Phi) is 14.0. The van der Waals surface area contributed by atoms with Crippen LogP contribution in [0, 0.1) is 0 Å². The molecule has 0 aromatic rings. The maximum atomic E-state index is 10.1. The number of rotatable bonds is 2. The van der Waals surface area contributed by atoms with Crippen LogP contribution in [0.3, 0.4) is 0 Å². The fourth-order valence-corrected chi connectivity index (χ4v) is 1.36. The Labute approximate surface area is 115 Å². The molecule has 0 radical (unpaired) electrons. The molecule has 52 valence electrons. The first-order chi connectivity index (χ1) is 3.42. The first-order valence-electron chi connectivity index (χ1n) is 2.63. The predicted octanol–water partition coefficient (Wildman–Crippen LogP) is -4.67. The van der Waals surface area contributed by atoms with Crippen LogP contribution in [0.2, 0.25) is 4.28 Å². The number of carboxylic acid groups (broad SMARTS) is 1. The maximum absolute atomic E-state index is 10.1. The third-order valence-corrected chi connectivity index (χ3v) is 1.74. The van der Waals surface area contributed by atoms with Crippen LogP contribution in [-0.2, 0) is 4.79 Å². The van der Waals surface area contributed by atoms with Gasteiger partial charge in [-0.2, -0.15) is 0 Å². The van der Waals surface area contributed by atoms with Gasteiger partial charge in [-0.25, -0.2) is 0 Å². The van der Waals surface area contributed by atoms with Crippen molar-refractivity contribution in [3.05, 3.63) is 0 Å². The minimum absolute atomic E-state index is 0. The zero-order valence-electron chi connectivity index (χ0n) is 5.56. The quantitative estimate of drug-likeness (QED) is 0.467. The van der Waals surface area contributed by atoms with E-state index >= 15 is 0 Å². The number of aliphatic carboxylic acids is 1. The summed E-state index contributed by atoms with van der Waals surface area (Å²) >= 11 is 0. The van der Waals surface area contributed by atoms with Gasteiger partial charge in [0.05, 0.1) is 0 Å². The summed E-state index contributed by atoms with van der Waals surface area (Å²) in [5.74, 6) is -0.620. The van der Waals surface area contributed by atoms with Crippen molar-refractivity contribution in [2.45, 2.75) is 10.7 Å². The summed E-state index contributed by atoms with van der Waals surface area (Å²) in [6.45, 7) is 0. The van der Waals surface area contributed by atoms with E-state index in [0.717, 1.165) is 30.7 Å². The van der Waals surface area contributed by atoms with Crippen molar-refractivity contribution >= 4 is 95.8 Å². The molecule has 0 aromatic carbocycles. The molecule has 0 aliphatic heterocycles.